The lowest BCUT2D eigenvalue weighted by molar-refractivity contribution is -0.144. The Kier molecular flexibility index (Phi) is 4.37. The molecule has 2 saturated heterocycles. The van der Waals surface area contributed by atoms with Gasteiger partial charge in [-0.1, -0.05) is 0 Å². The third-order valence-electron chi connectivity index (χ3n) is 5.22. The van der Waals surface area contributed by atoms with E-state index in [4.69, 9.17) is 0 Å². The Labute approximate surface area is 137 Å². The number of hydrogen-bond acceptors (Lipinski definition) is 3. The van der Waals surface area contributed by atoms with Crippen molar-refractivity contribution in [3.05, 3.63) is 29.6 Å². The maximum Gasteiger partial charge on any atom is 0.255 e. The highest BCUT2D eigenvalue weighted by Gasteiger charge is 2.45. The number of likely N-dealkylation sites (tertiary alicyclic amines) is 2. The molecular weight excluding hydrogens is 290 g/mol. The first-order valence-electron chi connectivity index (χ1n) is 8.58. The summed E-state index contributed by atoms with van der Waals surface area (Å²) >= 11 is 0. The number of amides is 2. The molecule has 0 N–H and O–H groups in total. The van der Waals surface area contributed by atoms with Gasteiger partial charge in [0.05, 0.1) is 11.1 Å². The van der Waals surface area contributed by atoms with Crippen LogP contribution in [-0.4, -0.2) is 51.8 Å². The molecule has 124 valence electrons. The predicted octanol–water partition coefficient (Wildman–Crippen LogP) is 2.40. The first-order valence-corrected chi connectivity index (χ1v) is 8.58. The van der Waals surface area contributed by atoms with Gasteiger partial charge in [-0.15, -0.1) is 0 Å². The number of carbonyl (C=O) groups excluding carboxylic acids is 2. The van der Waals surface area contributed by atoms with Crippen LogP contribution in [0.2, 0.25) is 0 Å². The molecule has 3 rings (SSSR count). The van der Waals surface area contributed by atoms with E-state index in [0.717, 1.165) is 44.5 Å². The summed E-state index contributed by atoms with van der Waals surface area (Å²) in [5, 5.41) is 0. The van der Waals surface area contributed by atoms with Crippen molar-refractivity contribution in [1.82, 2.24) is 14.8 Å². The molecule has 1 atom stereocenters. The highest BCUT2D eigenvalue weighted by Crippen LogP contribution is 2.36. The molecule has 0 unspecified atom stereocenters. The van der Waals surface area contributed by atoms with Crippen LogP contribution in [0.15, 0.2) is 18.3 Å². The maximum absolute atomic E-state index is 12.8. The van der Waals surface area contributed by atoms with Crippen LogP contribution in [-0.2, 0) is 4.79 Å². The van der Waals surface area contributed by atoms with Crippen LogP contribution in [0.5, 0.6) is 0 Å². The number of aromatic nitrogens is 1. The molecule has 2 aliphatic rings. The van der Waals surface area contributed by atoms with Crippen LogP contribution in [0.1, 0.15) is 55.1 Å². The predicted molar refractivity (Wildman–Crippen MR) is 88.1 cm³/mol. The second-order valence-corrected chi connectivity index (χ2v) is 6.73. The minimum absolute atomic E-state index is 0.0330. The third-order valence-corrected chi connectivity index (χ3v) is 5.22. The monoisotopic (exact) mass is 315 g/mol. The van der Waals surface area contributed by atoms with Crippen molar-refractivity contribution in [1.29, 1.82) is 0 Å². The number of hydrogen-bond donors (Lipinski definition) is 0. The normalized spacial score (nSPS) is 25.0. The number of nitrogens with zero attached hydrogens (tertiary/aromatic N) is 3. The van der Waals surface area contributed by atoms with E-state index >= 15 is 0 Å². The Morgan fingerprint density at radius 3 is 2.78 bits per heavy atom. The molecule has 0 aliphatic carbocycles. The molecule has 0 radical (unpaired) electrons. The van der Waals surface area contributed by atoms with Gasteiger partial charge in [-0.3, -0.25) is 14.6 Å². The number of pyridine rings is 1. The van der Waals surface area contributed by atoms with Crippen LogP contribution in [0, 0.1) is 6.92 Å². The Morgan fingerprint density at radius 1 is 1.30 bits per heavy atom. The lowest BCUT2D eigenvalue weighted by atomic mass is 9.79. The third kappa shape index (κ3) is 2.96. The lowest BCUT2D eigenvalue weighted by Gasteiger charge is -2.51. The molecule has 0 saturated carbocycles. The van der Waals surface area contributed by atoms with Crippen LogP contribution in [0.3, 0.4) is 0 Å². The van der Waals surface area contributed by atoms with Gasteiger partial charge in [0, 0.05) is 37.9 Å². The lowest BCUT2D eigenvalue weighted by Crippen LogP contribution is -2.63. The summed E-state index contributed by atoms with van der Waals surface area (Å²) < 4.78 is 0. The number of rotatable bonds is 2. The van der Waals surface area contributed by atoms with Crippen molar-refractivity contribution in [3.8, 4) is 0 Å². The molecule has 2 amide bonds. The van der Waals surface area contributed by atoms with E-state index in [0.29, 0.717) is 18.5 Å². The van der Waals surface area contributed by atoms with E-state index in [9.17, 15) is 9.59 Å². The zero-order valence-electron chi connectivity index (χ0n) is 14.0. The van der Waals surface area contributed by atoms with Crippen molar-refractivity contribution in [2.24, 2.45) is 0 Å². The summed E-state index contributed by atoms with van der Waals surface area (Å²) in [5.41, 5.74) is 1.39. The van der Waals surface area contributed by atoms with E-state index in [-0.39, 0.29) is 17.4 Å². The average Bonchev–Trinajstić information content (AvgIpc) is 2.55. The quantitative estimate of drug-likeness (QED) is 0.842. The fourth-order valence-corrected chi connectivity index (χ4v) is 4.10. The van der Waals surface area contributed by atoms with E-state index in [1.54, 1.807) is 6.20 Å². The van der Waals surface area contributed by atoms with Gasteiger partial charge in [0.1, 0.15) is 0 Å². The molecule has 0 aromatic carbocycles. The second-order valence-electron chi connectivity index (χ2n) is 6.73. The Balaban J connectivity index is 1.81. The zero-order chi connectivity index (χ0) is 16.4. The molecule has 2 aliphatic heterocycles. The van der Waals surface area contributed by atoms with Gasteiger partial charge >= 0.3 is 0 Å². The molecule has 5 nitrogen and oxygen atoms in total. The topological polar surface area (TPSA) is 53.5 Å². The second kappa shape index (κ2) is 6.30. The SMILES string of the molecule is CCN1C(=O)CCC[C@]12CCCN(C(=O)c1ccc(C)nc1)C2. The Morgan fingerprint density at radius 2 is 2.09 bits per heavy atom. The Hall–Kier alpha value is -1.91. The van der Waals surface area contributed by atoms with Gasteiger partial charge in [0.2, 0.25) is 5.91 Å². The van der Waals surface area contributed by atoms with E-state index in [1.807, 2.05) is 35.8 Å². The zero-order valence-corrected chi connectivity index (χ0v) is 14.0. The van der Waals surface area contributed by atoms with Crippen LogP contribution >= 0.6 is 0 Å². The number of piperidine rings is 2. The van der Waals surface area contributed by atoms with Gasteiger partial charge in [0.15, 0.2) is 0 Å². The molecule has 1 aromatic heterocycles. The molecule has 2 fully saturated rings. The van der Waals surface area contributed by atoms with Crippen LogP contribution in [0.25, 0.3) is 0 Å². The van der Waals surface area contributed by atoms with Gasteiger partial charge < -0.3 is 9.80 Å². The van der Waals surface area contributed by atoms with Crippen molar-refractivity contribution >= 4 is 11.8 Å². The first kappa shape index (κ1) is 16.0. The molecule has 3 heterocycles. The van der Waals surface area contributed by atoms with Crippen molar-refractivity contribution in [2.45, 2.75) is 51.5 Å². The summed E-state index contributed by atoms with van der Waals surface area (Å²) in [4.78, 5) is 33.3. The summed E-state index contributed by atoms with van der Waals surface area (Å²) in [6.07, 6.45) is 6.19. The van der Waals surface area contributed by atoms with E-state index < -0.39 is 0 Å². The molecule has 1 aromatic rings. The molecule has 5 heteroatoms. The van der Waals surface area contributed by atoms with Gasteiger partial charge in [0.25, 0.3) is 5.91 Å². The van der Waals surface area contributed by atoms with E-state index in [1.165, 1.54) is 0 Å². The smallest absolute Gasteiger partial charge is 0.255 e. The van der Waals surface area contributed by atoms with Crippen molar-refractivity contribution in [2.75, 3.05) is 19.6 Å². The maximum atomic E-state index is 12.8. The average molecular weight is 315 g/mol. The summed E-state index contributed by atoms with van der Waals surface area (Å²) in [6, 6.07) is 3.71. The molecule has 1 spiro atoms. The van der Waals surface area contributed by atoms with Crippen LogP contribution < -0.4 is 0 Å². The van der Waals surface area contributed by atoms with Gasteiger partial charge in [-0.25, -0.2) is 0 Å². The van der Waals surface area contributed by atoms with E-state index in [2.05, 4.69) is 4.98 Å². The highest BCUT2D eigenvalue weighted by atomic mass is 16.2. The summed E-state index contributed by atoms with van der Waals surface area (Å²) in [5.74, 6) is 0.274. The minimum atomic E-state index is -0.157. The Bertz CT molecular complexity index is 595. The summed E-state index contributed by atoms with van der Waals surface area (Å²) in [7, 11) is 0. The summed E-state index contributed by atoms with van der Waals surface area (Å²) in [6.45, 7) is 6.10. The number of aryl methyl sites for hydroxylation is 1. The fraction of sp³-hybridized carbons (Fsp3) is 0.611. The number of likely N-dealkylation sites (N-methyl/N-ethyl adjacent to an activating group) is 1. The highest BCUT2D eigenvalue weighted by molar-refractivity contribution is 5.94. The molecule has 23 heavy (non-hydrogen) atoms. The first-order chi connectivity index (χ1) is 11.1. The number of carbonyl (C=O) groups is 2. The van der Waals surface area contributed by atoms with Crippen LogP contribution in [0.4, 0.5) is 0 Å². The van der Waals surface area contributed by atoms with Crippen molar-refractivity contribution in [3.63, 3.8) is 0 Å². The van der Waals surface area contributed by atoms with Crippen molar-refractivity contribution < 1.29 is 9.59 Å². The fourth-order valence-electron chi connectivity index (χ4n) is 4.10. The largest absolute Gasteiger partial charge is 0.336 e. The van der Waals surface area contributed by atoms with Gasteiger partial charge in [-0.2, -0.15) is 0 Å². The molecular formula is C18H25N3O2. The minimum Gasteiger partial charge on any atom is -0.336 e. The van der Waals surface area contributed by atoms with Gasteiger partial charge in [-0.05, 0) is 51.7 Å². The molecule has 0 bridgehead atoms. The standard InChI is InChI=1S/C18H25N3O2/c1-3-21-16(22)6-4-9-18(21)10-5-11-20(13-18)17(23)15-8-7-14(2)19-12-15/h7-8,12H,3-6,9-11,13H2,1-2H3/t18-/m1/s1.